The number of nitrogen functional groups attached to an aromatic ring is 1. The molecule has 0 saturated heterocycles. The molecule has 0 saturated carbocycles. The lowest BCUT2D eigenvalue weighted by atomic mass is 10.1. The molecule has 0 spiro atoms. The summed E-state index contributed by atoms with van der Waals surface area (Å²) in [7, 11) is 0. The Balaban J connectivity index is 0.000000361. The largest absolute Gasteiger partial charge is 0.480 e. The average molecular weight is 283 g/mol. The van der Waals surface area contributed by atoms with Gasteiger partial charge in [-0.05, 0) is 31.5 Å². The van der Waals surface area contributed by atoms with Gasteiger partial charge in [-0.15, -0.1) is 0 Å². The van der Waals surface area contributed by atoms with Gasteiger partial charge in [-0.3, -0.25) is 20.0 Å². The van der Waals surface area contributed by atoms with Gasteiger partial charge in [0.25, 0.3) is 5.91 Å². The number of aliphatic carboxylic acids is 1. The molecule has 1 atom stereocenters. The van der Waals surface area contributed by atoms with Crippen molar-refractivity contribution in [3.63, 3.8) is 0 Å². The summed E-state index contributed by atoms with van der Waals surface area (Å²) in [4.78, 5) is 24.6. The van der Waals surface area contributed by atoms with E-state index < -0.39 is 12.0 Å². The zero-order chi connectivity index (χ0) is 15.4. The van der Waals surface area contributed by atoms with Gasteiger partial charge in [0.05, 0.1) is 0 Å². The maximum absolute atomic E-state index is 10.7. The van der Waals surface area contributed by atoms with Gasteiger partial charge in [0.2, 0.25) is 0 Å². The molecule has 0 radical (unpaired) electrons. The predicted octanol–water partition coefficient (Wildman–Crippen LogP) is -0.788. The first-order chi connectivity index (χ1) is 9.52. The van der Waals surface area contributed by atoms with Gasteiger partial charge in [0.1, 0.15) is 6.04 Å². The monoisotopic (exact) mass is 283 g/mol. The highest BCUT2D eigenvalue weighted by Gasteiger charge is 2.09. The van der Waals surface area contributed by atoms with Crippen LogP contribution in [0.15, 0.2) is 24.5 Å². The zero-order valence-electron chi connectivity index (χ0n) is 11.2. The van der Waals surface area contributed by atoms with Crippen molar-refractivity contribution in [3.05, 3.63) is 30.1 Å². The van der Waals surface area contributed by atoms with E-state index in [1.807, 2.05) is 5.43 Å². The molecule has 0 aromatic carbocycles. The minimum atomic E-state index is -0.933. The fraction of sp³-hybridized carbons (Fsp3) is 0.417. The number of amides is 1. The number of unbranched alkanes of at least 4 members (excludes halogenated alkanes) is 1. The third kappa shape index (κ3) is 8.14. The summed E-state index contributed by atoms with van der Waals surface area (Å²) in [6, 6.07) is 2.45. The molecule has 1 amide bonds. The van der Waals surface area contributed by atoms with Crippen LogP contribution in [-0.2, 0) is 4.79 Å². The van der Waals surface area contributed by atoms with Gasteiger partial charge in [0, 0.05) is 18.0 Å². The van der Waals surface area contributed by atoms with E-state index in [0.29, 0.717) is 18.5 Å². The van der Waals surface area contributed by atoms with E-state index in [1.165, 1.54) is 12.4 Å². The topological polar surface area (TPSA) is 157 Å². The minimum absolute atomic E-state index is 0.303. The van der Waals surface area contributed by atoms with Crippen molar-refractivity contribution in [3.8, 4) is 0 Å². The lowest BCUT2D eigenvalue weighted by Crippen LogP contribution is -2.29. The van der Waals surface area contributed by atoms with Crippen molar-refractivity contribution < 1.29 is 14.7 Å². The fourth-order valence-corrected chi connectivity index (χ4v) is 1.22. The Morgan fingerprint density at radius 1 is 1.30 bits per heavy atom. The van der Waals surface area contributed by atoms with Crippen LogP contribution in [0.3, 0.4) is 0 Å². The molecule has 0 aliphatic carbocycles. The van der Waals surface area contributed by atoms with Crippen LogP contribution in [0.5, 0.6) is 0 Å². The van der Waals surface area contributed by atoms with E-state index in [1.54, 1.807) is 12.1 Å². The number of aromatic nitrogens is 1. The molecule has 0 fully saturated rings. The number of carbonyl (C=O) groups is 2. The molecular formula is C12H21N5O3. The number of hydrogen-bond acceptors (Lipinski definition) is 6. The highest BCUT2D eigenvalue weighted by atomic mass is 16.4. The zero-order valence-corrected chi connectivity index (χ0v) is 11.2. The number of nitrogens with two attached hydrogens (primary N) is 3. The molecule has 8 N–H and O–H groups in total. The predicted molar refractivity (Wildman–Crippen MR) is 74.4 cm³/mol. The molecule has 0 aliphatic heterocycles. The number of nitrogens with one attached hydrogen (secondary N) is 1. The summed E-state index contributed by atoms with van der Waals surface area (Å²) in [5, 5.41) is 8.33. The first-order valence-electron chi connectivity index (χ1n) is 6.12. The Hall–Kier alpha value is -2.03. The molecular weight excluding hydrogens is 262 g/mol. The summed E-state index contributed by atoms with van der Waals surface area (Å²) in [5.74, 6) is 3.65. The van der Waals surface area contributed by atoms with Gasteiger partial charge < -0.3 is 16.6 Å². The number of nitrogens with zero attached hydrogens (tertiary/aromatic N) is 1. The van der Waals surface area contributed by atoms with E-state index in [2.05, 4.69) is 4.98 Å². The normalized spacial score (nSPS) is 10.9. The fourth-order valence-electron chi connectivity index (χ4n) is 1.22. The molecule has 8 nitrogen and oxygen atoms in total. The van der Waals surface area contributed by atoms with Crippen LogP contribution in [0.2, 0.25) is 0 Å². The smallest absolute Gasteiger partial charge is 0.320 e. The van der Waals surface area contributed by atoms with Crippen LogP contribution >= 0.6 is 0 Å². The van der Waals surface area contributed by atoms with Crippen LogP contribution in [0.4, 0.5) is 0 Å². The molecule has 0 aliphatic rings. The minimum Gasteiger partial charge on any atom is -0.480 e. The van der Waals surface area contributed by atoms with Crippen molar-refractivity contribution in [1.29, 1.82) is 0 Å². The Morgan fingerprint density at radius 3 is 2.35 bits per heavy atom. The summed E-state index contributed by atoms with van der Waals surface area (Å²) < 4.78 is 0. The molecule has 1 heterocycles. The van der Waals surface area contributed by atoms with Crippen LogP contribution < -0.4 is 22.7 Å². The van der Waals surface area contributed by atoms with Crippen LogP contribution in [0.1, 0.15) is 29.6 Å². The van der Waals surface area contributed by atoms with Crippen LogP contribution in [0.25, 0.3) is 0 Å². The van der Waals surface area contributed by atoms with E-state index >= 15 is 0 Å². The van der Waals surface area contributed by atoms with Crippen molar-refractivity contribution in [2.75, 3.05) is 6.54 Å². The van der Waals surface area contributed by atoms with Crippen molar-refractivity contribution in [2.24, 2.45) is 17.3 Å². The summed E-state index contributed by atoms with van der Waals surface area (Å²) in [5.41, 5.74) is 12.9. The quantitative estimate of drug-likeness (QED) is 0.198. The molecule has 8 heteroatoms. The Morgan fingerprint density at radius 2 is 1.90 bits per heavy atom. The third-order valence-electron chi connectivity index (χ3n) is 2.36. The van der Waals surface area contributed by atoms with Gasteiger partial charge in [-0.1, -0.05) is 6.42 Å². The molecule has 0 bridgehead atoms. The second-order valence-electron chi connectivity index (χ2n) is 3.94. The number of hydrogen-bond donors (Lipinski definition) is 5. The Bertz CT molecular complexity index is 399. The van der Waals surface area contributed by atoms with Gasteiger partial charge in [0.15, 0.2) is 0 Å². The van der Waals surface area contributed by atoms with Gasteiger partial charge in [-0.2, -0.15) is 0 Å². The average Bonchev–Trinajstić information content (AvgIpc) is 2.48. The number of carboxylic acids is 1. The number of carboxylic acid groups (broad SMARTS) is 1. The van der Waals surface area contributed by atoms with E-state index in [9.17, 15) is 9.59 Å². The molecule has 112 valence electrons. The number of carbonyl (C=O) groups excluding carboxylic acids is 1. The molecule has 1 rings (SSSR count). The number of rotatable bonds is 6. The highest BCUT2D eigenvalue weighted by molar-refractivity contribution is 5.93. The number of hydrazine groups is 1. The third-order valence-corrected chi connectivity index (χ3v) is 2.36. The second-order valence-corrected chi connectivity index (χ2v) is 3.94. The molecule has 1 unspecified atom stereocenters. The lowest BCUT2D eigenvalue weighted by molar-refractivity contribution is -0.138. The van der Waals surface area contributed by atoms with Crippen molar-refractivity contribution in [1.82, 2.24) is 10.4 Å². The summed E-state index contributed by atoms with van der Waals surface area (Å²) in [6.45, 7) is 0.604. The number of pyridine rings is 1. The maximum Gasteiger partial charge on any atom is 0.320 e. The van der Waals surface area contributed by atoms with E-state index in [4.69, 9.17) is 22.4 Å². The van der Waals surface area contributed by atoms with E-state index in [-0.39, 0.29) is 5.91 Å². The summed E-state index contributed by atoms with van der Waals surface area (Å²) >= 11 is 0. The highest BCUT2D eigenvalue weighted by Crippen LogP contribution is 1.97. The van der Waals surface area contributed by atoms with Gasteiger partial charge >= 0.3 is 5.97 Å². The van der Waals surface area contributed by atoms with Crippen molar-refractivity contribution >= 4 is 11.9 Å². The molecule has 1 aromatic heterocycles. The van der Waals surface area contributed by atoms with Gasteiger partial charge in [-0.25, -0.2) is 5.84 Å². The maximum atomic E-state index is 10.7. The summed E-state index contributed by atoms with van der Waals surface area (Å²) in [6.07, 6.45) is 5.23. The van der Waals surface area contributed by atoms with Crippen LogP contribution in [-0.4, -0.2) is 34.6 Å². The lowest BCUT2D eigenvalue weighted by Gasteiger charge is -2.03. The Labute approximate surface area is 117 Å². The van der Waals surface area contributed by atoms with Crippen molar-refractivity contribution in [2.45, 2.75) is 25.3 Å². The molecule has 1 aromatic rings. The standard InChI is InChI=1S/C6H7N3O.C6H14N2O2/c7-9-6(10)5-1-3-8-4-2-5;7-4-2-1-3-5(8)6(9)10/h1-4H,7H2,(H,9,10);5H,1-4,7-8H2,(H,9,10). The SMILES string of the molecule is NCCCCC(N)C(=O)O.NNC(=O)c1ccncc1. The first-order valence-corrected chi connectivity index (χ1v) is 6.12. The van der Waals surface area contributed by atoms with Crippen LogP contribution in [0, 0.1) is 0 Å². The molecule has 20 heavy (non-hydrogen) atoms. The second kappa shape index (κ2) is 10.9. The Kier molecular flexibility index (Phi) is 9.75. The van der Waals surface area contributed by atoms with E-state index in [0.717, 1.165) is 12.8 Å². The first kappa shape index (κ1) is 18.0.